The van der Waals surface area contributed by atoms with Gasteiger partial charge in [-0.3, -0.25) is 14.2 Å². The fraction of sp³-hybridized carbons (Fsp3) is 0.353. The topological polar surface area (TPSA) is 74.6 Å². The second kappa shape index (κ2) is 8.22. The molecule has 1 aromatic carbocycles. The highest BCUT2D eigenvalue weighted by atomic mass is 19.4. The lowest BCUT2D eigenvalue weighted by atomic mass is 10.1. The van der Waals surface area contributed by atoms with Crippen LogP contribution in [-0.4, -0.2) is 53.7 Å². The van der Waals surface area contributed by atoms with Crippen molar-refractivity contribution < 1.29 is 67.8 Å². The van der Waals surface area contributed by atoms with Gasteiger partial charge in [0.25, 0.3) is 0 Å². The molecule has 0 N–H and O–H groups in total. The van der Waals surface area contributed by atoms with Crippen molar-refractivity contribution in [3.63, 3.8) is 0 Å². The molecule has 0 saturated carbocycles. The van der Waals surface area contributed by atoms with Crippen molar-refractivity contribution in [1.29, 1.82) is 0 Å². The van der Waals surface area contributed by atoms with E-state index in [0.29, 0.717) is 24.4 Å². The van der Waals surface area contributed by atoms with Gasteiger partial charge in [-0.2, -0.15) is 43.9 Å². The highest BCUT2D eigenvalue weighted by Crippen LogP contribution is 2.39. The van der Waals surface area contributed by atoms with Gasteiger partial charge in [0, 0.05) is 11.6 Å². The quantitative estimate of drug-likeness (QED) is 0.350. The minimum Gasteiger partial charge on any atom is -0.469 e. The number of hydrogen-bond donors (Lipinski definition) is 0. The molecule has 0 aliphatic carbocycles. The van der Waals surface area contributed by atoms with Crippen LogP contribution in [0.4, 0.5) is 43.9 Å². The number of methoxy groups -OCH3 is 1. The Morgan fingerprint density at radius 1 is 0.879 bits per heavy atom. The number of carbonyl (C=O) groups is 3. The normalized spacial score (nSPS) is 13.2. The average Bonchev–Trinajstić information content (AvgIpc) is 3.02. The highest BCUT2D eigenvalue weighted by molar-refractivity contribution is 5.99. The Hall–Kier alpha value is -3.33. The Balaban J connectivity index is 2.60. The first kappa shape index (κ1) is 25.9. The van der Waals surface area contributed by atoms with Crippen molar-refractivity contribution >= 4 is 28.7 Å². The van der Waals surface area contributed by atoms with Gasteiger partial charge >= 0.3 is 42.0 Å². The summed E-state index contributed by atoms with van der Waals surface area (Å²) in [7, 11) is 0.872. The van der Waals surface area contributed by atoms with Crippen molar-refractivity contribution in [1.82, 2.24) is 4.57 Å². The van der Waals surface area contributed by atoms with Crippen molar-refractivity contribution in [3.8, 4) is 5.75 Å². The molecule has 33 heavy (non-hydrogen) atoms. The molecule has 0 spiro atoms. The molecular formula is C17H9F10NO5. The number of benzene rings is 1. The number of rotatable bonds is 5. The van der Waals surface area contributed by atoms with Crippen LogP contribution in [0.1, 0.15) is 10.4 Å². The van der Waals surface area contributed by atoms with Crippen LogP contribution in [-0.2, 0) is 20.7 Å². The van der Waals surface area contributed by atoms with Crippen LogP contribution in [0, 0.1) is 0 Å². The summed E-state index contributed by atoms with van der Waals surface area (Å²) in [4.78, 5) is 34.6. The Morgan fingerprint density at radius 2 is 1.42 bits per heavy atom. The maximum absolute atomic E-state index is 13.5. The number of ether oxygens (including phenoxy) is 2. The summed E-state index contributed by atoms with van der Waals surface area (Å²) in [5.41, 5.74) is -1.20. The van der Waals surface area contributed by atoms with Gasteiger partial charge < -0.3 is 9.47 Å². The SMILES string of the molecule is COC(=O)Cc1cn(C(=O)C(F)(F)C(F)(F)F)c2ccc(OC(=O)C(F)(F)C(F)(F)F)cc12. The maximum Gasteiger partial charge on any atom is 0.465 e. The molecule has 182 valence electrons. The number of hydrogen-bond acceptors (Lipinski definition) is 5. The van der Waals surface area contributed by atoms with Gasteiger partial charge in [0.05, 0.1) is 19.0 Å². The lowest BCUT2D eigenvalue weighted by Crippen LogP contribution is -2.46. The number of fused-ring (bicyclic) bond motifs is 1. The third-order valence-electron chi connectivity index (χ3n) is 4.09. The van der Waals surface area contributed by atoms with Crippen LogP contribution in [0.25, 0.3) is 10.9 Å². The predicted octanol–water partition coefficient (Wildman–Crippen LogP) is 4.30. The first-order valence-electron chi connectivity index (χ1n) is 8.21. The zero-order valence-electron chi connectivity index (χ0n) is 15.8. The van der Waals surface area contributed by atoms with Crippen LogP contribution >= 0.6 is 0 Å². The first-order valence-corrected chi connectivity index (χ1v) is 8.21. The van der Waals surface area contributed by atoms with E-state index in [2.05, 4.69) is 9.47 Å². The predicted molar refractivity (Wildman–Crippen MR) is 85.9 cm³/mol. The van der Waals surface area contributed by atoms with Crippen molar-refractivity contribution in [2.24, 2.45) is 0 Å². The standard InChI is InChI=1S/C17H9F10NO5/c1-32-11(29)4-7-6-28(12(30)14(18,19)16(22,23)24)10-3-2-8(5-9(7)10)33-13(31)15(20,21)17(25,26)27/h2-3,5-6H,4H2,1H3. The molecule has 0 radical (unpaired) electrons. The van der Waals surface area contributed by atoms with E-state index in [1.807, 2.05) is 0 Å². The number of halogens is 10. The molecule has 0 fully saturated rings. The van der Waals surface area contributed by atoms with E-state index in [4.69, 9.17) is 0 Å². The van der Waals surface area contributed by atoms with Crippen molar-refractivity contribution in [2.45, 2.75) is 30.6 Å². The zero-order valence-corrected chi connectivity index (χ0v) is 15.8. The van der Waals surface area contributed by atoms with Crippen LogP contribution in [0.5, 0.6) is 5.75 Å². The molecule has 0 bridgehead atoms. The molecule has 16 heteroatoms. The number of nitrogens with zero attached hydrogens (tertiary/aromatic N) is 1. The molecule has 0 unspecified atom stereocenters. The smallest absolute Gasteiger partial charge is 0.465 e. The summed E-state index contributed by atoms with van der Waals surface area (Å²) < 4.78 is 136. The van der Waals surface area contributed by atoms with E-state index in [9.17, 15) is 58.3 Å². The van der Waals surface area contributed by atoms with Gasteiger partial charge in [-0.25, -0.2) is 4.79 Å². The summed E-state index contributed by atoms with van der Waals surface area (Å²) in [5, 5.41) is -0.549. The van der Waals surface area contributed by atoms with Gasteiger partial charge in [0.1, 0.15) is 5.75 Å². The molecule has 0 aliphatic rings. The third-order valence-corrected chi connectivity index (χ3v) is 4.09. The molecule has 1 heterocycles. The summed E-state index contributed by atoms with van der Waals surface area (Å²) in [6.45, 7) is 0. The van der Waals surface area contributed by atoms with Gasteiger partial charge in [0.15, 0.2) is 0 Å². The van der Waals surface area contributed by atoms with Gasteiger partial charge in [-0.1, -0.05) is 0 Å². The number of esters is 2. The van der Waals surface area contributed by atoms with Crippen LogP contribution in [0.15, 0.2) is 24.4 Å². The van der Waals surface area contributed by atoms with Crippen molar-refractivity contribution in [3.05, 3.63) is 30.0 Å². The van der Waals surface area contributed by atoms with Crippen LogP contribution in [0.3, 0.4) is 0 Å². The summed E-state index contributed by atoms with van der Waals surface area (Å²) >= 11 is 0. The summed E-state index contributed by atoms with van der Waals surface area (Å²) in [5.74, 6) is -19.8. The summed E-state index contributed by atoms with van der Waals surface area (Å²) in [6.07, 6.45) is -13.1. The second-order valence-electron chi connectivity index (χ2n) is 6.30. The number of carbonyl (C=O) groups excluding carboxylic acids is 3. The van der Waals surface area contributed by atoms with E-state index in [1.54, 1.807) is 0 Å². The first-order chi connectivity index (χ1) is 14.8. The van der Waals surface area contributed by atoms with Gasteiger partial charge in [-0.05, 0) is 23.8 Å². The molecule has 0 saturated heterocycles. The van der Waals surface area contributed by atoms with E-state index in [0.717, 1.165) is 7.11 Å². The summed E-state index contributed by atoms with van der Waals surface area (Å²) in [6, 6.07) is 1.49. The molecule has 0 atom stereocenters. The lowest BCUT2D eigenvalue weighted by molar-refractivity contribution is -0.276. The molecule has 2 rings (SSSR count). The third kappa shape index (κ3) is 4.73. The van der Waals surface area contributed by atoms with Crippen LogP contribution in [0.2, 0.25) is 0 Å². The minimum atomic E-state index is -6.32. The van der Waals surface area contributed by atoms with E-state index in [-0.39, 0.29) is 4.57 Å². The average molecular weight is 497 g/mol. The molecular weight excluding hydrogens is 488 g/mol. The Kier molecular flexibility index (Phi) is 6.46. The Bertz CT molecular complexity index is 1100. The van der Waals surface area contributed by atoms with Crippen LogP contribution < -0.4 is 4.74 Å². The zero-order chi connectivity index (χ0) is 25.6. The molecule has 2 aromatic rings. The molecule has 0 amide bonds. The largest absolute Gasteiger partial charge is 0.469 e. The molecule has 6 nitrogen and oxygen atoms in total. The Morgan fingerprint density at radius 3 is 1.91 bits per heavy atom. The van der Waals surface area contributed by atoms with E-state index in [1.165, 1.54) is 0 Å². The fourth-order valence-corrected chi connectivity index (χ4v) is 2.44. The molecule has 1 aromatic heterocycles. The van der Waals surface area contributed by atoms with E-state index < -0.39 is 70.7 Å². The fourth-order valence-electron chi connectivity index (χ4n) is 2.44. The monoisotopic (exact) mass is 497 g/mol. The Labute approximate surface area is 175 Å². The van der Waals surface area contributed by atoms with E-state index >= 15 is 0 Å². The number of alkyl halides is 10. The van der Waals surface area contributed by atoms with Gasteiger partial charge in [0.2, 0.25) is 0 Å². The maximum atomic E-state index is 13.5. The highest BCUT2D eigenvalue weighted by Gasteiger charge is 2.65. The second-order valence-corrected chi connectivity index (χ2v) is 6.30. The minimum absolute atomic E-state index is 0.197. The van der Waals surface area contributed by atoms with Crippen molar-refractivity contribution in [2.75, 3.05) is 7.11 Å². The number of aromatic nitrogens is 1. The lowest BCUT2D eigenvalue weighted by Gasteiger charge is -2.19. The molecule has 0 aliphatic heterocycles. The van der Waals surface area contributed by atoms with Gasteiger partial charge in [-0.15, -0.1) is 0 Å².